The summed E-state index contributed by atoms with van der Waals surface area (Å²) in [6.07, 6.45) is 1.29. The molecule has 192 valence electrons. The van der Waals surface area contributed by atoms with Gasteiger partial charge in [0.2, 0.25) is 5.13 Å². The van der Waals surface area contributed by atoms with Crippen molar-refractivity contribution in [2.24, 2.45) is 5.10 Å². The van der Waals surface area contributed by atoms with Gasteiger partial charge < -0.3 is 9.47 Å². The van der Waals surface area contributed by atoms with Gasteiger partial charge in [0.25, 0.3) is 0 Å². The second-order valence-electron chi connectivity index (χ2n) is 7.36. The zero-order valence-electron chi connectivity index (χ0n) is 19.5. The van der Waals surface area contributed by atoms with Gasteiger partial charge in [-0.05, 0) is 42.0 Å². The van der Waals surface area contributed by atoms with Crippen LogP contribution in [0.15, 0.2) is 71.8 Å². The van der Waals surface area contributed by atoms with Crippen LogP contribution in [-0.2, 0) is 9.59 Å². The van der Waals surface area contributed by atoms with Crippen LogP contribution >= 0.6 is 34.5 Å². The van der Waals surface area contributed by atoms with Gasteiger partial charge >= 0.3 is 17.8 Å². The molecular formula is C25H17Cl2N5O5S. The number of rotatable bonds is 7. The van der Waals surface area contributed by atoms with Crippen LogP contribution in [-0.4, -0.2) is 41.3 Å². The second kappa shape index (κ2) is 12.3. The molecule has 2 N–H and O–H groups in total. The van der Waals surface area contributed by atoms with Gasteiger partial charge in [0, 0.05) is 5.56 Å². The third-order valence-electron chi connectivity index (χ3n) is 4.80. The fourth-order valence-electron chi connectivity index (χ4n) is 2.97. The summed E-state index contributed by atoms with van der Waals surface area (Å²) in [6.45, 7) is 0. The number of benzene rings is 3. The van der Waals surface area contributed by atoms with Crippen LogP contribution in [0.3, 0.4) is 0 Å². The second-order valence-corrected chi connectivity index (χ2v) is 9.15. The number of carbonyl (C=O) groups excluding carboxylic acids is 3. The van der Waals surface area contributed by atoms with Crippen LogP contribution in [0.25, 0.3) is 10.6 Å². The predicted molar refractivity (Wildman–Crippen MR) is 144 cm³/mol. The number of carbonyl (C=O) groups is 3. The van der Waals surface area contributed by atoms with E-state index in [2.05, 4.69) is 26.0 Å². The standard InChI is InChI=1S/C25H17Cl2N5O5S/c1-36-20-11-14(7-10-19(20)37-24(35)16-8-9-17(26)18(27)12-16)13-28-30-22(34)21(33)29-25-32-31-23(38-25)15-5-3-2-4-6-15/h2-13H,1H3,(H,30,34)(H,29,32,33)/b28-13-. The third kappa shape index (κ3) is 6.71. The van der Waals surface area contributed by atoms with Crippen molar-refractivity contribution in [3.8, 4) is 22.1 Å². The van der Waals surface area contributed by atoms with Gasteiger partial charge in [-0.2, -0.15) is 5.10 Å². The van der Waals surface area contributed by atoms with Crippen LogP contribution < -0.4 is 20.2 Å². The molecule has 4 rings (SSSR count). The molecule has 38 heavy (non-hydrogen) atoms. The van der Waals surface area contributed by atoms with Crippen LogP contribution in [0.1, 0.15) is 15.9 Å². The number of nitrogens with one attached hydrogen (secondary N) is 2. The lowest BCUT2D eigenvalue weighted by atomic mass is 10.2. The molecule has 0 aliphatic rings. The molecule has 0 bridgehead atoms. The van der Waals surface area contributed by atoms with Crippen LogP contribution in [0.4, 0.5) is 5.13 Å². The molecule has 1 heterocycles. The van der Waals surface area contributed by atoms with Crippen molar-refractivity contribution in [3.05, 3.63) is 87.9 Å². The Labute approximate surface area is 230 Å². The molecule has 3 aromatic carbocycles. The molecular weight excluding hydrogens is 553 g/mol. The smallest absolute Gasteiger partial charge is 0.343 e. The Morgan fingerprint density at radius 1 is 0.921 bits per heavy atom. The van der Waals surface area contributed by atoms with Gasteiger partial charge in [0.05, 0.1) is 28.9 Å². The summed E-state index contributed by atoms with van der Waals surface area (Å²) in [4.78, 5) is 36.7. The molecule has 4 aromatic rings. The predicted octanol–water partition coefficient (Wildman–Crippen LogP) is 4.83. The van der Waals surface area contributed by atoms with E-state index in [1.807, 2.05) is 30.3 Å². The summed E-state index contributed by atoms with van der Waals surface area (Å²) in [7, 11) is 1.40. The van der Waals surface area contributed by atoms with Crippen molar-refractivity contribution < 1.29 is 23.9 Å². The van der Waals surface area contributed by atoms with E-state index in [1.54, 1.807) is 6.07 Å². The number of aromatic nitrogens is 2. The Balaban J connectivity index is 1.34. The summed E-state index contributed by atoms with van der Waals surface area (Å²) in [5.41, 5.74) is 3.67. The van der Waals surface area contributed by atoms with Crippen LogP contribution in [0, 0.1) is 0 Å². The molecule has 0 spiro atoms. The zero-order chi connectivity index (χ0) is 27.1. The molecule has 1 aromatic heterocycles. The number of ether oxygens (including phenoxy) is 2. The number of amides is 2. The quantitative estimate of drug-likeness (QED) is 0.107. The van der Waals surface area contributed by atoms with E-state index in [4.69, 9.17) is 32.7 Å². The number of anilines is 1. The van der Waals surface area contributed by atoms with Crippen LogP contribution in [0.5, 0.6) is 11.5 Å². The van der Waals surface area contributed by atoms with Crippen molar-refractivity contribution in [2.75, 3.05) is 12.4 Å². The van der Waals surface area contributed by atoms with E-state index in [0.29, 0.717) is 15.6 Å². The monoisotopic (exact) mass is 569 g/mol. The van der Waals surface area contributed by atoms with E-state index < -0.39 is 17.8 Å². The number of halogens is 2. The average Bonchev–Trinajstić information content (AvgIpc) is 3.39. The number of hydrogen-bond acceptors (Lipinski definition) is 9. The molecule has 0 aliphatic carbocycles. The normalized spacial score (nSPS) is 10.7. The van der Waals surface area contributed by atoms with Crippen molar-refractivity contribution in [2.45, 2.75) is 0 Å². The van der Waals surface area contributed by atoms with Crippen molar-refractivity contribution in [1.29, 1.82) is 0 Å². The lowest BCUT2D eigenvalue weighted by Gasteiger charge is -2.10. The van der Waals surface area contributed by atoms with Gasteiger partial charge in [-0.25, -0.2) is 10.2 Å². The molecule has 2 amide bonds. The zero-order valence-corrected chi connectivity index (χ0v) is 21.8. The maximum absolute atomic E-state index is 12.4. The minimum Gasteiger partial charge on any atom is -0.493 e. The van der Waals surface area contributed by atoms with E-state index in [1.165, 1.54) is 43.7 Å². The molecule has 0 fully saturated rings. The van der Waals surface area contributed by atoms with Crippen molar-refractivity contribution in [1.82, 2.24) is 15.6 Å². The first kappa shape index (κ1) is 26.7. The van der Waals surface area contributed by atoms with E-state index in [-0.39, 0.29) is 27.2 Å². The minimum atomic E-state index is -1.00. The highest BCUT2D eigenvalue weighted by molar-refractivity contribution is 7.18. The number of nitrogens with zero attached hydrogens (tertiary/aromatic N) is 3. The highest BCUT2D eigenvalue weighted by Gasteiger charge is 2.17. The topological polar surface area (TPSA) is 132 Å². The maximum atomic E-state index is 12.4. The first-order valence-corrected chi connectivity index (χ1v) is 12.3. The van der Waals surface area contributed by atoms with E-state index in [0.717, 1.165) is 16.9 Å². The lowest BCUT2D eigenvalue weighted by Crippen LogP contribution is -2.32. The number of methoxy groups -OCH3 is 1. The summed E-state index contributed by atoms with van der Waals surface area (Å²) < 4.78 is 10.7. The highest BCUT2D eigenvalue weighted by Crippen LogP contribution is 2.30. The molecule has 0 atom stereocenters. The third-order valence-corrected chi connectivity index (χ3v) is 6.42. The summed E-state index contributed by atoms with van der Waals surface area (Å²) in [6, 6.07) is 18.2. The molecule has 0 saturated carbocycles. The Morgan fingerprint density at radius 3 is 2.45 bits per heavy atom. The van der Waals surface area contributed by atoms with Crippen molar-refractivity contribution >= 4 is 63.7 Å². The lowest BCUT2D eigenvalue weighted by molar-refractivity contribution is -0.136. The Bertz CT molecular complexity index is 1530. The maximum Gasteiger partial charge on any atom is 0.343 e. The van der Waals surface area contributed by atoms with Gasteiger partial charge in [-0.1, -0.05) is 64.9 Å². The van der Waals surface area contributed by atoms with Gasteiger partial charge in [-0.3, -0.25) is 14.9 Å². The minimum absolute atomic E-state index is 0.149. The Hall–Kier alpha value is -4.32. The Morgan fingerprint density at radius 2 is 1.71 bits per heavy atom. The van der Waals surface area contributed by atoms with Gasteiger partial charge in [-0.15, -0.1) is 10.2 Å². The molecule has 13 heteroatoms. The fourth-order valence-corrected chi connectivity index (χ4v) is 4.01. The molecule has 0 aliphatic heterocycles. The Kier molecular flexibility index (Phi) is 8.64. The summed E-state index contributed by atoms with van der Waals surface area (Å²) >= 11 is 13.0. The first-order chi connectivity index (χ1) is 18.3. The summed E-state index contributed by atoms with van der Waals surface area (Å²) in [5, 5.41) is 15.3. The summed E-state index contributed by atoms with van der Waals surface area (Å²) in [5.74, 6) is -2.24. The molecule has 0 saturated heterocycles. The highest BCUT2D eigenvalue weighted by atomic mass is 35.5. The SMILES string of the molecule is COc1cc(/C=N\NC(=O)C(=O)Nc2nnc(-c3ccccc3)s2)ccc1OC(=O)c1ccc(Cl)c(Cl)c1. The number of hydrazone groups is 1. The fraction of sp³-hybridized carbons (Fsp3) is 0.0400. The molecule has 10 nitrogen and oxygen atoms in total. The largest absolute Gasteiger partial charge is 0.493 e. The molecule has 0 radical (unpaired) electrons. The van der Waals surface area contributed by atoms with Crippen LogP contribution in [0.2, 0.25) is 10.0 Å². The molecule has 0 unspecified atom stereocenters. The van der Waals surface area contributed by atoms with Gasteiger partial charge in [0.15, 0.2) is 11.5 Å². The van der Waals surface area contributed by atoms with Crippen molar-refractivity contribution in [3.63, 3.8) is 0 Å². The van der Waals surface area contributed by atoms with E-state index in [9.17, 15) is 14.4 Å². The first-order valence-electron chi connectivity index (χ1n) is 10.7. The average molecular weight is 570 g/mol. The number of esters is 1. The van der Waals surface area contributed by atoms with Gasteiger partial charge in [0.1, 0.15) is 5.01 Å². The number of hydrogen-bond donors (Lipinski definition) is 2. The van der Waals surface area contributed by atoms with E-state index >= 15 is 0 Å².